The van der Waals surface area contributed by atoms with Crippen molar-refractivity contribution in [2.24, 2.45) is 4.99 Å². The van der Waals surface area contributed by atoms with E-state index in [9.17, 15) is 9.18 Å². The van der Waals surface area contributed by atoms with Gasteiger partial charge in [-0.05, 0) is 45.1 Å². The summed E-state index contributed by atoms with van der Waals surface area (Å²) in [5, 5.41) is 6.64. The van der Waals surface area contributed by atoms with Gasteiger partial charge >= 0.3 is 0 Å². The molecule has 1 heterocycles. The van der Waals surface area contributed by atoms with E-state index in [1.807, 2.05) is 39.0 Å². The highest BCUT2D eigenvalue weighted by Gasteiger charge is 2.23. The number of nitrogens with one attached hydrogen (secondary N) is 2. The van der Waals surface area contributed by atoms with Crippen LogP contribution in [-0.2, 0) is 17.9 Å². The Morgan fingerprint density at radius 1 is 1.42 bits per heavy atom. The second kappa shape index (κ2) is 9.52. The molecular weight excluding hydrogens is 333 g/mol. The molecule has 0 radical (unpaired) electrons. The van der Waals surface area contributed by atoms with Gasteiger partial charge in [0.05, 0.1) is 6.54 Å². The summed E-state index contributed by atoms with van der Waals surface area (Å²) in [6, 6.07) is 5.34. The number of aliphatic imine (C=N–C) groups is 1. The van der Waals surface area contributed by atoms with Crippen LogP contribution in [0.25, 0.3) is 0 Å². The van der Waals surface area contributed by atoms with Crippen LogP contribution in [0.5, 0.6) is 0 Å². The molecule has 0 aromatic heterocycles. The fourth-order valence-electron chi connectivity index (χ4n) is 3.00. The first-order valence-corrected chi connectivity index (χ1v) is 9.10. The van der Waals surface area contributed by atoms with Crippen LogP contribution < -0.4 is 10.6 Å². The van der Waals surface area contributed by atoms with Gasteiger partial charge < -0.3 is 20.4 Å². The Morgan fingerprint density at radius 2 is 2.19 bits per heavy atom. The third-order valence-electron chi connectivity index (χ3n) is 4.33. The topological polar surface area (TPSA) is 60.0 Å². The Bertz CT molecular complexity index is 647. The Hall–Kier alpha value is -2.15. The maximum absolute atomic E-state index is 13.9. The quantitative estimate of drug-likeness (QED) is 0.595. The van der Waals surface area contributed by atoms with Crippen LogP contribution in [0.2, 0.25) is 0 Å². The predicted molar refractivity (Wildman–Crippen MR) is 102 cm³/mol. The number of carbonyl (C=O) groups is 1. The van der Waals surface area contributed by atoms with Gasteiger partial charge in [-0.15, -0.1) is 0 Å². The molecule has 0 aliphatic carbocycles. The highest BCUT2D eigenvalue weighted by Crippen LogP contribution is 2.13. The maximum atomic E-state index is 13.9. The predicted octanol–water partition coefficient (Wildman–Crippen LogP) is 1.56. The van der Waals surface area contributed by atoms with Gasteiger partial charge in [0.15, 0.2) is 5.96 Å². The van der Waals surface area contributed by atoms with E-state index in [0.29, 0.717) is 31.6 Å². The minimum absolute atomic E-state index is 0.185. The molecule has 7 heteroatoms. The minimum Gasteiger partial charge on any atom is -0.357 e. The van der Waals surface area contributed by atoms with Crippen molar-refractivity contribution >= 4 is 11.9 Å². The fraction of sp³-hybridized carbons (Fsp3) is 0.579. The van der Waals surface area contributed by atoms with E-state index in [-0.39, 0.29) is 17.8 Å². The summed E-state index contributed by atoms with van der Waals surface area (Å²) in [4.78, 5) is 19.9. The van der Waals surface area contributed by atoms with Crippen molar-refractivity contribution in [3.8, 4) is 0 Å². The number of likely N-dealkylation sites (N-methyl/N-ethyl adjacent to an activating group) is 1. The monoisotopic (exact) mass is 363 g/mol. The van der Waals surface area contributed by atoms with Crippen molar-refractivity contribution in [1.29, 1.82) is 0 Å². The zero-order valence-corrected chi connectivity index (χ0v) is 16.2. The summed E-state index contributed by atoms with van der Waals surface area (Å²) in [5.74, 6) is 0.717. The summed E-state index contributed by atoms with van der Waals surface area (Å²) in [5.41, 5.74) is 1.64. The molecule has 6 nitrogen and oxygen atoms in total. The van der Waals surface area contributed by atoms with Crippen molar-refractivity contribution < 1.29 is 9.18 Å². The third kappa shape index (κ3) is 5.98. The molecule has 1 aliphatic heterocycles. The molecule has 1 atom stereocenters. The number of guanidine groups is 1. The molecule has 144 valence electrons. The first kappa shape index (κ1) is 20.2. The number of nitrogens with zero attached hydrogens (tertiary/aromatic N) is 3. The standard InChI is InChI=1S/C19H30FN5O/c1-5-21-19(23-16-7-9-18(26)25(4)13-16)22-11-14-6-8-17(20)15(10-14)12-24(2)3/h6,8,10,16H,5,7,9,11-13H2,1-4H3,(H2,21,22,23). The Morgan fingerprint density at radius 3 is 2.85 bits per heavy atom. The molecule has 2 rings (SSSR count). The normalized spacial score (nSPS) is 18.4. The Balaban J connectivity index is 2.03. The van der Waals surface area contributed by atoms with Crippen LogP contribution in [0.1, 0.15) is 30.9 Å². The molecule has 1 amide bonds. The van der Waals surface area contributed by atoms with Crippen LogP contribution in [0.4, 0.5) is 4.39 Å². The molecule has 1 saturated heterocycles. The molecule has 1 aromatic rings. The number of carbonyl (C=O) groups excluding carboxylic acids is 1. The second-order valence-corrected chi connectivity index (χ2v) is 7.01. The molecule has 1 aromatic carbocycles. The number of rotatable bonds is 6. The summed E-state index contributed by atoms with van der Waals surface area (Å²) < 4.78 is 13.9. The van der Waals surface area contributed by atoms with Gasteiger partial charge in [0, 0.05) is 44.7 Å². The molecule has 2 N–H and O–H groups in total. The lowest BCUT2D eigenvalue weighted by molar-refractivity contribution is -0.132. The number of piperidine rings is 1. The number of hydrogen-bond acceptors (Lipinski definition) is 3. The first-order valence-electron chi connectivity index (χ1n) is 9.10. The summed E-state index contributed by atoms with van der Waals surface area (Å²) in [7, 11) is 5.66. The zero-order chi connectivity index (χ0) is 19.1. The SMILES string of the molecule is CCNC(=NCc1ccc(F)c(CN(C)C)c1)NC1CCC(=O)N(C)C1. The Kier molecular flexibility index (Phi) is 7.38. The molecule has 1 aliphatic rings. The molecule has 26 heavy (non-hydrogen) atoms. The van der Waals surface area contributed by atoms with E-state index in [2.05, 4.69) is 15.6 Å². The zero-order valence-electron chi connectivity index (χ0n) is 16.2. The number of halogens is 1. The van der Waals surface area contributed by atoms with Crippen molar-refractivity contribution in [2.75, 3.05) is 34.2 Å². The van der Waals surface area contributed by atoms with Gasteiger partial charge in [0.25, 0.3) is 0 Å². The van der Waals surface area contributed by atoms with Gasteiger partial charge in [0.1, 0.15) is 5.82 Å². The van der Waals surface area contributed by atoms with Gasteiger partial charge in [-0.3, -0.25) is 4.79 Å². The highest BCUT2D eigenvalue weighted by molar-refractivity contribution is 5.81. The van der Waals surface area contributed by atoms with Crippen LogP contribution >= 0.6 is 0 Å². The van der Waals surface area contributed by atoms with Crippen molar-refractivity contribution in [3.63, 3.8) is 0 Å². The van der Waals surface area contributed by atoms with E-state index in [4.69, 9.17) is 0 Å². The molecule has 0 bridgehead atoms. The van der Waals surface area contributed by atoms with Crippen molar-refractivity contribution in [2.45, 2.75) is 38.9 Å². The fourth-order valence-corrected chi connectivity index (χ4v) is 3.00. The van der Waals surface area contributed by atoms with Crippen molar-refractivity contribution in [3.05, 3.63) is 35.1 Å². The molecule has 0 saturated carbocycles. The summed E-state index contributed by atoms with van der Waals surface area (Å²) in [6.07, 6.45) is 1.36. The number of likely N-dealkylation sites (tertiary alicyclic amines) is 1. The molecule has 0 spiro atoms. The van der Waals surface area contributed by atoms with Crippen molar-refractivity contribution in [1.82, 2.24) is 20.4 Å². The van der Waals surface area contributed by atoms with Gasteiger partial charge in [-0.1, -0.05) is 6.07 Å². The number of benzene rings is 1. The van der Waals surface area contributed by atoms with Gasteiger partial charge in [-0.25, -0.2) is 9.38 Å². The minimum atomic E-state index is -0.189. The lowest BCUT2D eigenvalue weighted by atomic mass is 10.1. The van der Waals surface area contributed by atoms with E-state index in [1.54, 1.807) is 11.0 Å². The van der Waals surface area contributed by atoms with Crippen LogP contribution in [0, 0.1) is 5.82 Å². The van der Waals surface area contributed by atoms with E-state index < -0.39 is 0 Å². The van der Waals surface area contributed by atoms with Gasteiger partial charge in [-0.2, -0.15) is 0 Å². The maximum Gasteiger partial charge on any atom is 0.222 e. The van der Waals surface area contributed by atoms with E-state index >= 15 is 0 Å². The van der Waals surface area contributed by atoms with Gasteiger partial charge in [0.2, 0.25) is 5.91 Å². The lowest BCUT2D eigenvalue weighted by Crippen LogP contribution is -2.51. The third-order valence-corrected chi connectivity index (χ3v) is 4.33. The number of hydrogen-bond donors (Lipinski definition) is 2. The van der Waals surface area contributed by atoms with E-state index in [0.717, 1.165) is 24.5 Å². The highest BCUT2D eigenvalue weighted by atomic mass is 19.1. The Labute approximate surface area is 155 Å². The summed E-state index contributed by atoms with van der Waals surface area (Å²) >= 11 is 0. The second-order valence-electron chi connectivity index (χ2n) is 7.01. The summed E-state index contributed by atoms with van der Waals surface area (Å²) in [6.45, 7) is 4.47. The smallest absolute Gasteiger partial charge is 0.222 e. The van der Waals surface area contributed by atoms with Crippen LogP contribution in [0.3, 0.4) is 0 Å². The average Bonchev–Trinajstić information content (AvgIpc) is 2.58. The number of amides is 1. The average molecular weight is 363 g/mol. The molecular formula is C19H30FN5O. The lowest BCUT2D eigenvalue weighted by Gasteiger charge is -2.31. The van der Waals surface area contributed by atoms with Crippen LogP contribution in [-0.4, -0.2) is 61.9 Å². The van der Waals surface area contributed by atoms with E-state index in [1.165, 1.54) is 6.07 Å². The largest absolute Gasteiger partial charge is 0.357 e. The first-order chi connectivity index (χ1) is 12.4. The molecule has 1 unspecified atom stereocenters. The molecule has 1 fully saturated rings. The van der Waals surface area contributed by atoms with Crippen LogP contribution in [0.15, 0.2) is 23.2 Å².